The smallest absolute Gasteiger partial charge is 0.477 e. The minimum atomic E-state index is -4.86. The Labute approximate surface area is 168 Å². The molecule has 1 aliphatic rings. The van der Waals surface area contributed by atoms with Crippen molar-refractivity contribution < 1.29 is 35.9 Å². The number of anilines is 2. The van der Waals surface area contributed by atoms with E-state index in [-0.39, 0.29) is 27.0 Å². The number of hydrogen-bond donors (Lipinski definition) is 2. The molecule has 1 atom stereocenters. The number of carbonyl (C=O) groups is 1. The van der Waals surface area contributed by atoms with Crippen LogP contribution in [0.5, 0.6) is 11.5 Å². The van der Waals surface area contributed by atoms with E-state index in [0.29, 0.717) is 6.42 Å². The molecule has 3 rings (SSSR count). The molecule has 12 heteroatoms. The summed E-state index contributed by atoms with van der Waals surface area (Å²) in [6.07, 6.45) is -5.43. The van der Waals surface area contributed by atoms with Gasteiger partial charge in [-0.1, -0.05) is 18.5 Å². The number of benzene rings is 2. The third-order valence-corrected chi connectivity index (χ3v) is 5.44. The highest BCUT2D eigenvalue weighted by molar-refractivity contribution is 7.92. The van der Waals surface area contributed by atoms with Crippen molar-refractivity contribution in [3.8, 4) is 11.5 Å². The number of ether oxygens (including phenoxy) is 2. The predicted molar refractivity (Wildman–Crippen MR) is 98.7 cm³/mol. The molecule has 2 N–H and O–H groups in total. The third kappa shape index (κ3) is 4.85. The van der Waals surface area contributed by atoms with Crippen LogP contribution < -0.4 is 19.5 Å². The van der Waals surface area contributed by atoms with Crippen LogP contribution in [0.15, 0.2) is 41.3 Å². The summed E-state index contributed by atoms with van der Waals surface area (Å²) in [6.45, 7) is 1.70. The fraction of sp³-hybridized carbons (Fsp3) is 0.235. The van der Waals surface area contributed by atoms with Crippen molar-refractivity contribution in [2.24, 2.45) is 0 Å². The van der Waals surface area contributed by atoms with Crippen LogP contribution in [-0.4, -0.2) is 26.8 Å². The standard InChI is InChI=1S/C17H14ClF3N2O5S/c1-2-13-16(24)22-12-7-9(18)8-14(15(12)27-13)29(25,26)23-10-3-5-11(6-4-10)28-17(19,20)21/h3-8,13,23H,2H2,1H3,(H,22,24). The van der Waals surface area contributed by atoms with Crippen molar-refractivity contribution in [3.63, 3.8) is 0 Å². The SMILES string of the molecule is CCC1Oc2c(cc(Cl)cc2S(=O)(=O)Nc2ccc(OC(F)(F)F)cc2)NC1=O. The Morgan fingerprint density at radius 3 is 2.48 bits per heavy atom. The molecule has 0 aliphatic carbocycles. The normalized spacial score (nSPS) is 16.4. The molecule has 0 saturated heterocycles. The van der Waals surface area contributed by atoms with E-state index < -0.39 is 34.1 Å². The van der Waals surface area contributed by atoms with E-state index in [0.717, 1.165) is 30.3 Å². The minimum Gasteiger partial charge on any atom is -0.477 e. The van der Waals surface area contributed by atoms with Crippen LogP contribution in [0.2, 0.25) is 5.02 Å². The fourth-order valence-corrected chi connectivity index (χ4v) is 4.12. The molecule has 0 radical (unpaired) electrons. The zero-order valence-corrected chi connectivity index (χ0v) is 16.3. The van der Waals surface area contributed by atoms with Crippen LogP contribution in [0.3, 0.4) is 0 Å². The number of sulfonamides is 1. The van der Waals surface area contributed by atoms with Gasteiger partial charge in [0.1, 0.15) is 10.6 Å². The quantitative estimate of drug-likeness (QED) is 0.713. The van der Waals surface area contributed by atoms with Crippen LogP contribution in [-0.2, 0) is 14.8 Å². The Kier molecular flexibility index (Phi) is 5.54. The van der Waals surface area contributed by atoms with Gasteiger partial charge in [0.05, 0.1) is 5.69 Å². The molecule has 29 heavy (non-hydrogen) atoms. The number of alkyl halides is 3. The summed E-state index contributed by atoms with van der Waals surface area (Å²) >= 11 is 5.97. The van der Waals surface area contributed by atoms with Gasteiger partial charge in [-0.25, -0.2) is 8.42 Å². The molecular weight excluding hydrogens is 437 g/mol. The number of carbonyl (C=O) groups excluding carboxylic acids is 1. The average molecular weight is 451 g/mol. The van der Waals surface area contributed by atoms with Crippen molar-refractivity contribution in [2.45, 2.75) is 30.7 Å². The maximum atomic E-state index is 12.8. The van der Waals surface area contributed by atoms with Gasteiger partial charge < -0.3 is 14.8 Å². The van der Waals surface area contributed by atoms with E-state index in [1.165, 1.54) is 6.07 Å². The number of amides is 1. The molecule has 1 amide bonds. The number of fused-ring (bicyclic) bond motifs is 1. The van der Waals surface area contributed by atoms with Crippen molar-refractivity contribution in [1.29, 1.82) is 0 Å². The second-order valence-electron chi connectivity index (χ2n) is 5.96. The Morgan fingerprint density at radius 2 is 1.90 bits per heavy atom. The molecule has 2 aromatic carbocycles. The summed E-state index contributed by atoms with van der Waals surface area (Å²) in [5.74, 6) is -1.01. The number of halogens is 4. The Hall–Kier alpha value is -2.66. The van der Waals surface area contributed by atoms with Gasteiger partial charge in [0.15, 0.2) is 11.9 Å². The van der Waals surface area contributed by atoms with Gasteiger partial charge in [0.2, 0.25) is 0 Å². The highest BCUT2D eigenvalue weighted by atomic mass is 35.5. The number of nitrogens with one attached hydrogen (secondary N) is 2. The summed E-state index contributed by atoms with van der Waals surface area (Å²) in [5, 5.41) is 2.58. The molecule has 1 heterocycles. The lowest BCUT2D eigenvalue weighted by atomic mass is 10.2. The van der Waals surface area contributed by atoms with Gasteiger partial charge in [-0.2, -0.15) is 0 Å². The van der Waals surface area contributed by atoms with Gasteiger partial charge in [-0.05, 0) is 42.8 Å². The first-order chi connectivity index (χ1) is 13.5. The van der Waals surface area contributed by atoms with E-state index in [4.69, 9.17) is 16.3 Å². The third-order valence-electron chi connectivity index (χ3n) is 3.83. The second-order valence-corrected chi connectivity index (χ2v) is 8.05. The van der Waals surface area contributed by atoms with E-state index in [1.54, 1.807) is 6.92 Å². The minimum absolute atomic E-state index is 0.0138. The van der Waals surface area contributed by atoms with Crippen LogP contribution in [0.4, 0.5) is 24.5 Å². The molecule has 0 fully saturated rings. The zero-order chi connectivity index (χ0) is 21.4. The molecule has 0 spiro atoms. The van der Waals surface area contributed by atoms with Crippen LogP contribution >= 0.6 is 11.6 Å². The first-order valence-electron chi connectivity index (χ1n) is 8.18. The van der Waals surface area contributed by atoms with E-state index in [2.05, 4.69) is 14.8 Å². The molecule has 0 saturated carbocycles. The summed E-state index contributed by atoms with van der Waals surface area (Å²) in [7, 11) is -4.25. The molecule has 1 unspecified atom stereocenters. The first-order valence-corrected chi connectivity index (χ1v) is 10.0. The Bertz CT molecular complexity index is 1040. The van der Waals surface area contributed by atoms with Gasteiger partial charge in [-0.15, -0.1) is 13.2 Å². The lowest BCUT2D eigenvalue weighted by molar-refractivity contribution is -0.274. The highest BCUT2D eigenvalue weighted by Gasteiger charge is 2.33. The Balaban J connectivity index is 1.91. The van der Waals surface area contributed by atoms with Crippen LogP contribution in [0, 0.1) is 0 Å². The Morgan fingerprint density at radius 1 is 1.24 bits per heavy atom. The molecular formula is C17H14ClF3N2O5S. The average Bonchev–Trinajstić information content (AvgIpc) is 2.60. The van der Waals surface area contributed by atoms with Crippen molar-refractivity contribution in [1.82, 2.24) is 0 Å². The lowest BCUT2D eigenvalue weighted by Gasteiger charge is -2.27. The number of hydrogen-bond acceptors (Lipinski definition) is 5. The lowest BCUT2D eigenvalue weighted by Crippen LogP contribution is -2.37. The van der Waals surface area contributed by atoms with E-state index in [1.807, 2.05) is 0 Å². The maximum absolute atomic E-state index is 12.8. The molecule has 0 aromatic heterocycles. The fourth-order valence-electron chi connectivity index (χ4n) is 2.60. The second kappa shape index (κ2) is 7.64. The number of rotatable bonds is 5. The van der Waals surface area contributed by atoms with E-state index in [9.17, 15) is 26.4 Å². The topological polar surface area (TPSA) is 93.7 Å². The largest absolute Gasteiger partial charge is 0.573 e. The van der Waals surface area contributed by atoms with Gasteiger partial charge in [0.25, 0.3) is 15.9 Å². The summed E-state index contributed by atoms with van der Waals surface area (Å²) in [4.78, 5) is 11.6. The molecule has 7 nitrogen and oxygen atoms in total. The van der Waals surface area contributed by atoms with Crippen LogP contribution in [0.1, 0.15) is 13.3 Å². The predicted octanol–water partition coefficient (Wildman–Crippen LogP) is 4.15. The molecule has 156 valence electrons. The molecule has 0 bridgehead atoms. The van der Waals surface area contributed by atoms with Crippen molar-refractivity contribution in [2.75, 3.05) is 10.0 Å². The summed E-state index contributed by atoms with van der Waals surface area (Å²) in [6, 6.07) is 6.63. The first kappa shape index (κ1) is 21.1. The zero-order valence-electron chi connectivity index (χ0n) is 14.7. The molecule has 2 aromatic rings. The van der Waals surface area contributed by atoms with E-state index >= 15 is 0 Å². The summed E-state index contributed by atoms with van der Waals surface area (Å²) < 4.78 is 73.9. The van der Waals surface area contributed by atoms with Crippen molar-refractivity contribution in [3.05, 3.63) is 41.4 Å². The highest BCUT2D eigenvalue weighted by Crippen LogP contribution is 2.40. The van der Waals surface area contributed by atoms with Gasteiger partial charge in [0, 0.05) is 10.7 Å². The maximum Gasteiger partial charge on any atom is 0.573 e. The summed E-state index contributed by atoms with van der Waals surface area (Å²) in [5.41, 5.74) is 0.0848. The van der Waals surface area contributed by atoms with Crippen LogP contribution in [0.25, 0.3) is 0 Å². The van der Waals surface area contributed by atoms with Crippen molar-refractivity contribution >= 4 is 38.9 Å². The van der Waals surface area contributed by atoms with Gasteiger partial charge in [-0.3, -0.25) is 9.52 Å². The monoisotopic (exact) mass is 450 g/mol. The molecule has 1 aliphatic heterocycles. The van der Waals surface area contributed by atoms with Gasteiger partial charge >= 0.3 is 6.36 Å².